The van der Waals surface area contributed by atoms with Crippen molar-refractivity contribution in [3.63, 3.8) is 0 Å². The van der Waals surface area contributed by atoms with Gasteiger partial charge in [-0.2, -0.15) is 11.8 Å². The lowest BCUT2D eigenvalue weighted by atomic mass is 9.78. The smallest absolute Gasteiger partial charge is 0.343 e. The Morgan fingerprint density at radius 3 is 2.59 bits per heavy atom. The average Bonchev–Trinajstić information content (AvgIpc) is 2.74. The molecule has 7 heteroatoms. The molecule has 2 heterocycles. The number of fused-ring (bicyclic) bond motifs is 3. The van der Waals surface area contributed by atoms with E-state index in [0.717, 1.165) is 41.2 Å². The van der Waals surface area contributed by atoms with Gasteiger partial charge in [0.2, 0.25) is 0 Å². The average molecular weight is 460 g/mol. The lowest BCUT2D eigenvalue weighted by Crippen LogP contribution is -2.33. The molecule has 32 heavy (non-hydrogen) atoms. The number of nitrogens with zero attached hydrogens (tertiary/aromatic N) is 1. The molecule has 0 saturated heterocycles. The molecule has 1 aliphatic rings. The number of ether oxygens (including phenoxy) is 3. The molecule has 2 aromatic rings. The van der Waals surface area contributed by atoms with Crippen molar-refractivity contribution in [1.29, 1.82) is 0 Å². The van der Waals surface area contributed by atoms with Crippen molar-refractivity contribution in [2.75, 3.05) is 32.3 Å². The Morgan fingerprint density at radius 1 is 1.22 bits per heavy atom. The molecule has 1 aromatic carbocycles. The minimum atomic E-state index is -0.585. The summed E-state index contributed by atoms with van der Waals surface area (Å²) in [5.41, 5.74) is 2.42. The monoisotopic (exact) mass is 459 g/mol. The Labute approximate surface area is 194 Å². The van der Waals surface area contributed by atoms with E-state index >= 15 is 0 Å². The first-order valence-corrected chi connectivity index (χ1v) is 12.4. The lowest BCUT2D eigenvalue weighted by molar-refractivity contribution is 0.0523. The van der Waals surface area contributed by atoms with Crippen LogP contribution in [0.25, 0.3) is 11.3 Å². The third kappa shape index (κ3) is 4.98. The van der Waals surface area contributed by atoms with Crippen molar-refractivity contribution < 1.29 is 19.0 Å². The molecule has 1 aromatic heterocycles. The number of carbonyl (C=O) groups is 1. The SMILES string of the molecule is CCOC(=O)c1cn2c(cc1=O)-c1cc(OC)c(OCCCSC)cc1CC2C(C)(C)C. The normalized spacial score (nSPS) is 15.0. The van der Waals surface area contributed by atoms with Crippen molar-refractivity contribution in [3.05, 3.63) is 45.7 Å². The molecule has 6 nitrogen and oxygen atoms in total. The van der Waals surface area contributed by atoms with Crippen molar-refractivity contribution in [2.24, 2.45) is 5.41 Å². The van der Waals surface area contributed by atoms with Crippen LogP contribution in [0.4, 0.5) is 0 Å². The van der Waals surface area contributed by atoms with Crippen molar-refractivity contribution in [3.8, 4) is 22.8 Å². The maximum atomic E-state index is 12.8. The fraction of sp³-hybridized carbons (Fsp3) is 0.520. The highest BCUT2D eigenvalue weighted by Gasteiger charge is 2.34. The van der Waals surface area contributed by atoms with Gasteiger partial charge >= 0.3 is 5.97 Å². The molecule has 1 aliphatic heterocycles. The summed E-state index contributed by atoms with van der Waals surface area (Å²) in [4.78, 5) is 25.2. The zero-order chi connectivity index (χ0) is 23.5. The zero-order valence-electron chi connectivity index (χ0n) is 19.8. The topological polar surface area (TPSA) is 66.8 Å². The fourth-order valence-corrected chi connectivity index (χ4v) is 4.49. The molecular formula is C25H33NO5S. The van der Waals surface area contributed by atoms with Gasteiger partial charge in [0.25, 0.3) is 0 Å². The van der Waals surface area contributed by atoms with Gasteiger partial charge in [-0.15, -0.1) is 0 Å². The number of thioether (sulfide) groups is 1. The lowest BCUT2D eigenvalue weighted by Gasteiger charge is -2.39. The third-order valence-electron chi connectivity index (χ3n) is 5.74. The highest BCUT2D eigenvalue weighted by Crippen LogP contribution is 2.45. The Hall–Kier alpha value is -2.41. The molecule has 0 aliphatic carbocycles. The van der Waals surface area contributed by atoms with Gasteiger partial charge in [-0.1, -0.05) is 20.8 Å². The maximum Gasteiger partial charge on any atom is 0.343 e. The van der Waals surface area contributed by atoms with Crippen LogP contribution >= 0.6 is 11.8 Å². The summed E-state index contributed by atoms with van der Waals surface area (Å²) >= 11 is 1.80. The van der Waals surface area contributed by atoms with Gasteiger partial charge < -0.3 is 18.8 Å². The number of pyridine rings is 1. The fourth-order valence-electron chi connectivity index (χ4n) is 4.08. The molecular weight excluding hydrogens is 426 g/mol. The van der Waals surface area contributed by atoms with Crippen LogP contribution in [0.15, 0.2) is 29.2 Å². The van der Waals surface area contributed by atoms with Crippen molar-refractivity contribution in [1.82, 2.24) is 4.57 Å². The van der Waals surface area contributed by atoms with Crippen molar-refractivity contribution >= 4 is 17.7 Å². The van der Waals surface area contributed by atoms with E-state index in [1.54, 1.807) is 38.1 Å². The molecule has 0 fully saturated rings. The summed E-state index contributed by atoms with van der Waals surface area (Å²) in [6.07, 6.45) is 5.45. The van der Waals surface area contributed by atoms with E-state index in [1.165, 1.54) is 0 Å². The maximum absolute atomic E-state index is 12.8. The van der Waals surface area contributed by atoms with Gasteiger partial charge in [-0.25, -0.2) is 4.79 Å². The number of hydrogen-bond donors (Lipinski definition) is 0. The first kappa shape index (κ1) is 24.2. The largest absolute Gasteiger partial charge is 0.493 e. The number of benzene rings is 1. The van der Waals surface area contributed by atoms with E-state index in [4.69, 9.17) is 14.2 Å². The van der Waals surface area contributed by atoms with E-state index in [0.29, 0.717) is 12.4 Å². The summed E-state index contributed by atoms with van der Waals surface area (Å²) < 4.78 is 18.8. The summed E-state index contributed by atoms with van der Waals surface area (Å²) in [5.74, 6) is 1.81. The van der Waals surface area contributed by atoms with Crippen molar-refractivity contribution in [2.45, 2.75) is 46.6 Å². The predicted octanol–water partition coefficient (Wildman–Crippen LogP) is 4.98. The van der Waals surface area contributed by atoms with Crippen LogP contribution in [0, 0.1) is 5.41 Å². The highest BCUT2D eigenvalue weighted by molar-refractivity contribution is 7.98. The van der Waals surface area contributed by atoms with Crippen LogP contribution in [-0.4, -0.2) is 42.9 Å². The van der Waals surface area contributed by atoms with E-state index in [2.05, 4.69) is 31.6 Å². The molecule has 0 saturated carbocycles. The van der Waals surface area contributed by atoms with Crippen LogP contribution in [-0.2, 0) is 11.2 Å². The predicted molar refractivity (Wildman–Crippen MR) is 129 cm³/mol. The number of methoxy groups -OCH3 is 1. The van der Waals surface area contributed by atoms with E-state index in [-0.39, 0.29) is 29.1 Å². The molecule has 1 atom stereocenters. The van der Waals surface area contributed by atoms with Gasteiger partial charge in [0.1, 0.15) is 5.56 Å². The van der Waals surface area contributed by atoms with Gasteiger partial charge in [-0.3, -0.25) is 4.79 Å². The second kappa shape index (κ2) is 10.0. The second-order valence-corrected chi connectivity index (χ2v) is 9.99. The van der Waals surface area contributed by atoms with Crippen LogP contribution < -0.4 is 14.9 Å². The highest BCUT2D eigenvalue weighted by atomic mass is 32.2. The van der Waals surface area contributed by atoms with E-state index < -0.39 is 5.97 Å². The zero-order valence-corrected chi connectivity index (χ0v) is 20.6. The summed E-state index contributed by atoms with van der Waals surface area (Å²) in [7, 11) is 1.62. The molecule has 0 spiro atoms. The summed E-state index contributed by atoms with van der Waals surface area (Å²) in [6.45, 7) is 9.07. The minimum Gasteiger partial charge on any atom is -0.493 e. The van der Waals surface area contributed by atoms with Crippen LogP contribution in [0.2, 0.25) is 0 Å². The number of rotatable bonds is 8. The van der Waals surface area contributed by atoms with Gasteiger partial charge in [0.05, 0.1) is 26.0 Å². The van der Waals surface area contributed by atoms with E-state index in [1.807, 2.05) is 12.1 Å². The molecule has 0 radical (unpaired) electrons. The van der Waals surface area contributed by atoms with Gasteiger partial charge in [0, 0.05) is 23.9 Å². The molecule has 0 amide bonds. The Kier molecular flexibility index (Phi) is 7.59. The molecule has 0 bridgehead atoms. The van der Waals surface area contributed by atoms with Crippen LogP contribution in [0.1, 0.15) is 56.1 Å². The quantitative estimate of drug-likeness (QED) is 0.410. The molecule has 174 valence electrons. The Bertz CT molecular complexity index is 1040. The standard InChI is InChI=1S/C25H33NO5S/c1-7-30-24(28)18-15-26-19(14-20(18)27)17-13-21(29-5)22(31-9-8-10-32-6)11-16(17)12-23(26)25(2,3)4/h11,13-15,23H,7-10,12H2,1-6H3. The molecule has 3 rings (SSSR count). The number of hydrogen-bond acceptors (Lipinski definition) is 6. The number of esters is 1. The first-order chi connectivity index (χ1) is 15.2. The molecule has 1 unspecified atom stereocenters. The number of aromatic nitrogens is 1. The minimum absolute atomic E-state index is 0.0523. The Morgan fingerprint density at radius 2 is 1.97 bits per heavy atom. The first-order valence-electron chi connectivity index (χ1n) is 11.0. The van der Waals surface area contributed by atoms with E-state index in [9.17, 15) is 9.59 Å². The molecule has 0 N–H and O–H groups in total. The van der Waals surface area contributed by atoms with Crippen LogP contribution in [0.5, 0.6) is 11.5 Å². The number of carbonyl (C=O) groups excluding carboxylic acids is 1. The second-order valence-electron chi connectivity index (χ2n) is 9.01. The van der Waals surface area contributed by atoms with Gasteiger partial charge in [-0.05, 0) is 54.9 Å². The van der Waals surface area contributed by atoms with Crippen LogP contribution in [0.3, 0.4) is 0 Å². The van der Waals surface area contributed by atoms with Gasteiger partial charge in [0.15, 0.2) is 16.9 Å². The summed E-state index contributed by atoms with van der Waals surface area (Å²) in [5, 5.41) is 0. The summed E-state index contributed by atoms with van der Waals surface area (Å²) in [6, 6.07) is 5.57. The third-order valence-corrected chi connectivity index (χ3v) is 6.44. The Balaban J connectivity index is 2.13.